The summed E-state index contributed by atoms with van der Waals surface area (Å²) < 4.78 is 0. The van der Waals surface area contributed by atoms with E-state index >= 15 is 0 Å². The van der Waals surface area contributed by atoms with Gasteiger partial charge in [0.05, 0.1) is 6.04 Å². The molecule has 0 radical (unpaired) electrons. The molecule has 2 rings (SSSR count). The van der Waals surface area contributed by atoms with E-state index < -0.39 is 0 Å². The summed E-state index contributed by atoms with van der Waals surface area (Å²) in [4.78, 5) is 25.9. The highest BCUT2D eigenvalue weighted by atomic mass is 16.2. The molecule has 2 fully saturated rings. The predicted molar refractivity (Wildman–Crippen MR) is 82.8 cm³/mol. The Bertz CT molecular complexity index is 383. The fourth-order valence-corrected chi connectivity index (χ4v) is 3.26. The van der Waals surface area contributed by atoms with Crippen LogP contribution in [0.25, 0.3) is 0 Å². The molecule has 2 saturated heterocycles. The predicted octanol–water partition coefficient (Wildman–Crippen LogP) is 1.28. The van der Waals surface area contributed by atoms with Gasteiger partial charge >= 0.3 is 0 Å². The number of nitrogens with one attached hydrogen (secondary N) is 2. The van der Waals surface area contributed by atoms with E-state index in [2.05, 4.69) is 10.6 Å². The number of rotatable bonds is 4. The van der Waals surface area contributed by atoms with Crippen LogP contribution in [-0.4, -0.2) is 47.9 Å². The Hall–Kier alpha value is -1.10. The maximum absolute atomic E-state index is 12.0. The van der Waals surface area contributed by atoms with Crippen LogP contribution in [0.15, 0.2) is 0 Å². The largest absolute Gasteiger partial charge is 0.351 e. The minimum atomic E-state index is -0.161. The van der Waals surface area contributed by atoms with Crippen molar-refractivity contribution in [3.8, 4) is 0 Å². The van der Waals surface area contributed by atoms with Crippen LogP contribution in [0.3, 0.4) is 0 Å². The van der Waals surface area contributed by atoms with Gasteiger partial charge in [-0.3, -0.25) is 9.59 Å². The van der Waals surface area contributed by atoms with Gasteiger partial charge in [0.15, 0.2) is 0 Å². The molecule has 0 aliphatic carbocycles. The van der Waals surface area contributed by atoms with E-state index in [1.54, 1.807) is 0 Å². The molecule has 1 atom stereocenters. The molecule has 2 aliphatic heterocycles. The molecule has 0 spiro atoms. The zero-order chi connectivity index (χ0) is 15.5. The first-order valence-electron chi connectivity index (χ1n) is 8.17. The van der Waals surface area contributed by atoms with Gasteiger partial charge in [0.2, 0.25) is 11.8 Å². The summed E-state index contributed by atoms with van der Waals surface area (Å²) >= 11 is 0. The summed E-state index contributed by atoms with van der Waals surface area (Å²) in [5.41, 5.74) is -0.161. The van der Waals surface area contributed by atoms with Gasteiger partial charge in [-0.2, -0.15) is 0 Å². The SMILES string of the molecule is CC(C)(C)N1CC(NC(=O)CCC2CCNCC2)CC1=O. The van der Waals surface area contributed by atoms with Crippen LogP contribution in [0.1, 0.15) is 52.9 Å². The van der Waals surface area contributed by atoms with Crippen LogP contribution in [-0.2, 0) is 9.59 Å². The minimum absolute atomic E-state index is 0.0164. The van der Waals surface area contributed by atoms with E-state index in [1.165, 1.54) is 12.8 Å². The number of likely N-dealkylation sites (tertiary alicyclic amines) is 1. The lowest BCUT2D eigenvalue weighted by molar-refractivity contribution is -0.131. The first-order valence-corrected chi connectivity index (χ1v) is 8.17. The van der Waals surface area contributed by atoms with E-state index in [0.717, 1.165) is 19.5 Å². The third-order valence-corrected chi connectivity index (χ3v) is 4.54. The Morgan fingerprint density at radius 1 is 1.33 bits per heavy atom. The number of hydrogen-bond acceptors (Lipinski definition) is 3. The van der Waals surface area contributed by atoms with Crippen molar-refractivity contribution >= 4 is 11.8 Å². The third-order valence-electron chi connectivity index (χ3n) is 4.54. The zero-order valence-corrected chi connectivity index (χ0v) is 13.6. The monoisotopic (exact) mass is 295 g/mol. The van der Waals surface area contributed by atoms with Crippen LogP contribution in [0, 0.1) is 5.92 Å². The quantitative estimate of drug-likeness (QED) is 0.821. The first kappa shape index (κ1) is 16.3. The van der Waals surface area contributed by atoms with Crippen LogP contribution >= 0.6 is 0 Å². The molecule has 0 aromatic rings. The van der Waals surface area contributed by atoms with Gasteiger partial charge in [-0.25, -0.2) is 0 Å². The van der Waals surface area contributed by atoms with Crippen molar-refractivity contribution in [2.24, 2.45) is 5.92 Å². The van der Waals surface area contributed by atoms with Crippen LogP contribution in [0.4, 0.5) is 0 Å². The van der Waals surface area contributed by atoms with Crippen LogP contribution in [0.2, 0.25) is 0 Å². The molecule has 5 heteroatoms. The van der Waals surface area contributed by atoms with Gasteiger partial charge in [-0.05, 0) is 59.0 Å². The van der Waals surface area contributed by atoms with Crippen LogP contribution in [0.5, 0.6) is 0 Å². The number of carbonyl (C=O) groups excluding carboxylic acids is 2. The number of carbonyl (C=O) groups is 2. The number of piperidine rings is 1. The zero-order valence-electron chi connectivity index (χ0n) is 13.6. The molecular formula is C16H29N3O2. The third kappa shape index (κ3) is 4.70. The molecule has 21 heavy (non-hydrogen) atoms. The maximum atomic E-state index is 12.0. The Labute approximate surface area is 127 Å². The number of nitrogens with zero attached hydrogens (tertiary/aromatic N) is 1. The smallest absolute Gasteiger partial charge is 0.225 e. The van der Waals surface area contributed by atoms with Gasteiger partial charge in [-0.15, -0.1) is 0 Å². The van der Waals surface area contributed by atoms with Gasteiger partial charge in [0.1, 0.15) is 0 Å². The Balaban J connectivity index is 1.72. The van der Waals surface area contributed by atoms with E-state index in [4.69, 9.17) is 0 Å². The van der Waals surface area contributed by atoms with Gasteiger partial charge in [-0.1, -0.05) is 0 Å². The molecule has 0 bridgehead atoms. The summed E-state index contributed by atoms with van der Waals surface area (Å²) in [5.74, 6) is 0.918. The maximum Gasteiger partial charge on any atom is 0.225 e. The van der Waals surface area contributed by atoms with Crippen LogP contribution < -0.4 is 10.6 Å². The molecule has 5 nitrogen and oxygen atoms in total. The summed E-state index contributed by atoms with van der Waals surface area (Å²) in [6.45, 7) is 8.89. The molecule has 2 amide bonds. The summed E-state index contributed by atoms with van der Waals surface area (Å²) in [7, 11) is 0. The second kappa shape index (κ2) is 6.77. The lowest BCUT2D eigenvalue weighted by atomic mass is 9.93. The molecule has 2 aliphatic rings. The van der Waals surface area contributed by atoms with Crippen molar-refractivity contribution in [1.29, 1.82) is 0 Å². The molecule has 0 aromatic heterocycles. The Morgan fingerprint density at radius 3 is 2.57 bits per heavy atom. The van der Waals surface area contributed by atoms with Crippen molar-refractivity contribution in [1.82, 2.24) is 15.5 Å². The highest BCUT2D eigenvalue weighted by Crippen LogP contribution is 2.22. The summed E-state index contributed by atoms with van der Waals surface area (Å²) in [6, 6.07) is -0.0164. The first-order chi connectivity index (χ1) is 9.86. The van der Waals surface area contributed by atoms with E-state index in [9.17, 15) is 9.59 Å². The second-order valence-electron chi connectivity index (χ2n) is 7.38. The molecule has 0 aromatic carbocycles. The summed E-state index contributed by atoms with van der Waals surface area (Å²) in [5, 5.41) is 6.38. The average Bonchev–Trinajstić information content (AvgIpc) is 2.78. The topological polar surface area (TPSA) is 61.4 Å². The average molecular weight is 295 g/mol. The summed E-state index contributed by atoms with van der Waals surface area (Å²) in [6.07, 6.45) is 4.35. The standard InChI is InChI=1S/C16H29N3O2/c1-16(2,3)19-11-13(10-15(19)21)18-14(20)5-4-12-6-8-17-9-7-12/h12-13,17H,4-11H2,1-3H3,(H,18,20). The van der Waals surface area contributed by atoms with E-state index in [0.29, 0.717) is 25.3 Å². The molecule has 2 N–H and O–H groups in total. The second-order valence-corrected chi connectivity index (χ2v) is 7.38. The fourth-order valence-electron chi connectivity index (χ4n) is 3.26. The van der Waals surface area contributed by atoms with Crippen molar-refractivity contribution in [3.05, 3.63) is 0 Å². The van der Waals surface area contributed by atoms with Gasteiger partial charge in [0, 0.05) is 24.9 Å². The normalized spacial score (nSPS) is 24.4. The van der Waals surface area contributed by atoms with Crippen molar-refractivity contribution in [2.45, 2.75) is 64.5 Å². The van der Waals surface area contributed by atoms with Crippen molar-refractivity contribution < 1.29 is 9.59 Å². The Morgan fingerprint density at radius 2 is 2.00 bits per heavy atom. The molecule has 1 unspecified atom stereocenters. The van der Waals surface area contributed by atoms with Crippen molar-refractivity contribution in [3.63, 3.8) is 0 Å². The molecule has 120 valence electrons. The van der Waals surface area contributed by atoms with Crippen molar-refractivity contribution in [2.75, 3.05) is 19.6 Å². The number of amides is 2. The lowest BCUT2D eigenvalue weighted by Gasteiger charge is -2.32. The van der Waals surface area contributed by atoms with E-state index in [1.807, 2.05) is 25.7 Å². The number of hydrogen-bond donors (Lipinski definition) is 2. The molecule has 0 saturated carbocycles. The molecular weight excluding hydrogens is 266 g/mol. The lowest BCUT2D eigenvalue weighted by Crippen LogP contribution is -2.44. The highest BCUT2D eigenvalue weighted by molar-refractivity contribution is 5.82. The van der Waals surface area contributed by atoms with Gasteiger partial charge < -0.3 is 15.5 Å². The fraction of sp³-hybridized carbons (Fsp3) is 0.875. The minimum Gasteiger partial charge on any atom is -0.351 e. The molecule has 2 heterocycles. The highest BCUT2D eigenvalue weighted by Gasteiger charge is 2.36. The Kier molecular flexibility index (Phi) is 5.25. The van der Waals surface area contributed by atoms with E-state index in [-0.39, 0.29) is 23.4 Å². The van der Waals surface area contributed by atoms with Gasteiger partial charge in [0.25, 0.3) is 0 Å².